The van der Waals surface area contributed by atoms with E-state index in [1.54, 1.807) is 7.11 Å². The second-order valence-electron chi connectivity index (χ2n) is 9.02. The molecule has 3 fully saturated rings. The summed E-state index contributed by atoms with van der Waals surface area (Å²) >= 11 is 0. The van der Waals surface area contributed by atoms with Gasteiger partial charge in [-0.3, -0.25) is 9.88 Å². The van der Waals surface area contributed by atoms with Crippen molar-refractivity contribution in [2.75, 3.05) is 20.2 Å². The van der Waals surface area contributed by atoms with Gasteiger partial charge < -0.3 is 9.47 Å². The fourth-order valence-corrected chi connectivity index (χ4v) is 5.65. The average Bonchev–Trinajstić information content (AvgIpc) is 2.85. The molecule has 1 unspecified atom stereocenters. The normalized spacial score (nSPS) is 26.1. The molecule has 0 amide bonds. The maximum Gasteiger partial charge on any atom is 0.119 e. The van der Waals surface area contributed by atoms with E-state index in [4.69, 9.17) is 9.47 Å². The Balaban J connectivity index is 1.52. The van der Waals surface area contributed by atoms with Gasteiger partial charge in [-0.25, -0.2) is 0 Å². The monoisotopic (exact) mass is 416 g/mol. The van der Waals surface area contributed by atoms with E-state index in [9.17, 15) is 0 Å². The molecule has 0 N–H and O–H groups in total. The topological polar surface area (TPSA) is 34.6 Å². The van der Waals surface area contributed by atoms with Crippen LogP contribution in [0.25, 0.3) is 10.9 Å². The van der Waals surface area contributed by atoms with Gasteiger partial charge >= 0.3 is 0 Å². The largest absolute Gasteiger partial charge is 0.497 e. The minimum absolute atomic E-state index is 0.0124. The lowest BCUT2D eigenvalue weighted by molar-refractivity contribution is -0.0879. The zero-order chi connectivity index (χ0) is 21.2. The lowest BCUT2D eigenvalue weighted by atomic mass is 9.72. The van der Waals surface area contributed by atoms with Crippen molar-refractivity contribution in [2.45, 2.75) is 44.9 Å². The highest BCUT2D eigenvalue weighted by atomic mass is 16.5. The Morgan fingerprint density at radius 3 is 2.74 bits per heavy atom. The zero-order valence-electron chi connectivity index (χ0n) is 18.5. The zero-order valence-corrected chi connectivity index (χ0v) is 18.5. The highest BCUT2D eigenvalue weighted by Gasteiger charge is 2.43. The summed E-state index contributed by atoms with van der Waals surface area (Å²) in [5, 5.41) is 1.13. The van der Waals surface area contributed by atoms with E-state index >= 15 is 0 Å². The third-order valence-electron chi connectivity index (χ3n) is 7.37. The lowest BCUT2D eigenvalue weighted by Crippen LogP contribution is -2.55. The number of rotatable bonds is 7. The Labute approximate surface area is 185 Å². The van der Waals surface area contributed by atoms with Gasteiger partial charge in [0.05, 0.1) is 25.3 Å². The third kappa shape index (κ3) is 4.07. The molecule has 4 nitrogen and oxygen atoms in total. The maximum absolute atomic E-state index is 6.75. The van der Waals surface area contributed by atoms with Crippen molar-refractivity contribution >= 4 is 10.9 Å². The Morgan fingerprint density at radius 1 is 1.13 bits per heavy atom. The summed E-state index contributed by atoms with van der Waals surface area (Å²) in [6, 6.07) is 19.2. The molecule has 0 radical (unpaired) electrons. The van der Waals surface area contributed by atoms with Gasteiger partial charge in [-0.05, 0) is 66.6 Å². The van der Waals surface area contributed by atoms with Crippen molar-refractivity contribution in [3.05, 3.63) is 71.9 Å². The van der Waals surface area contributed by atoms with Crippen LogP contribution < -0.4 is 4.74 Å². The van der Waals surface area contributed by atoms with Gasteiger partial charge in [0, 0.05) is 24.2 Å². The average molecular weight is 417 g/mol. The molecule has 0 aliphatic carbocycles. The smallest absolute Gasteiger partial charge is 0.119 e. The van der Waals surface area contributed by atoms with Crippen LogP contribution in [0.1, 0.15) is 43.4 Å². The number of nitrogens with zero attached hydrogens (tertiary/aromatic N) is 2. The second kappa shape index (κ2) is 8.97. The molecule has 3 aromatic rings. The van der Waals surface area contributed by atoms with Gasteiger partial charge in [0.15, 0.2) is 0 Å². The first-order valence-electron chi connectivity index (χ1n) is 11.6. The number of pyridine rings is 1. The molecule has 3 aliphatic heterocycles. The van der Waals surface area contributed by atoms with Crippen molar-refractivity contribution in [1.82, 2.24) is 9.88 Å². The molecule has 4 heteroatoms. The van der Waals surface area contributed by atoms with E-state index < -0.39 is 0 Å². The predicted octanol–water partition coefficient (Wildman–Crippen LogP) is 5.62. The van der Waals surface area contributed by atoms with Gasteiger partial charge in [-0.2, -0.15) is 0 Å². The van der Waals surface area contributed by atoms with E-state index in [1.165, 1.54) is 43.5 Å². The van der Waals surface area contributed by atoms with Crippen LogP contribution in [0.3, 0.4) is 0 Å². The summed E-state index contributed by atoms with van der Waals surface area (Å²) in [6.45, 7) is 5.34. The molecule has 3 saturated heterocycles. The molecule has 3 aliphatic rings. The van der Waals surface area contributed by atoms with E-state index in [-0.39, 0.29) is 6.10 Å². The maximum atomic E-state index is 6.75. The summed E-state index contributed by atoms with van der Waals surface area (Å²) in [5.74, 6) is 2.50. The number of hydrogen-bond acceptors (Lipinski definition) is 4. The molecular weight excluding hydrogens is 384 g/mol. The molecule has 162 valence electrons. The molecular formula is C27H32N2O2. The molecule has 0 spiro atoms. The van der Waals surface area contributed by atoms with Gasteiger partial charge in [0.1, 0.15) is 5.75 Å². The SMILES string of the molecule is CC[C@H]1CN2CC[C@H]1C[C@@H]2[C@@H](OCc1ccccc1)c1ccnc2ccc(OC)cc12. The van der Waals surface area contributed by atoms with Crippen LogP contribution in [0.4, 0.5) is 0 Å². The highest BCUT2D eigenvalue weighted by Crippen LogP contribution is 2.44. The van der Waals surface area contributed by atoms with Crippen LogP contribution in [0.15, 0.2) is 60.8 Å². The van der Waals surface area contributed by atoms with Crippen molar-refractivity contribution in [1.29, 1.82) is 0 Å². The summed E-state index contributed by atoms with van der Waals surface area (Å²) in [7, 11) is 1.72. The molecule has 2 bridgehead atoms. The third-order valence-corrected chi connectivity index (χ3v) is 7.37. The number of hydrogen-bond donors (Lipinski definition) is 0. The Kier molecular flexibility index (Phi) is 5.93. The number of piperidine rings is 3. The van der Waals surface area contributed by atoms with Crippen LogP contribution in [-0.2, 0) is 11.3 Å². The fraction of sp³-hybridized carbons (Fsp3) is 0.444. The molecule has 0 saturated carbocycles. The number of fused-ring (bicyclic) bond motifs is 4. The molecule has 4 heterocycles. The van der Waals surface area contributed by atoms with Crippen molar-refractivity contribution in [3.63, 3.8) is 0 Å². The van der Waals surface area contributed by atoms with Crippen LogP contribution in [0, 0.1) is 11.8 Å². The van der Waals surface area contributed by atoms with Crippen LogP contribution in [-0.4, -0.2) is 36.1 Å². The Morgan fingerprint density at radius 2 is 2.00 bits per heavy atom. The lowest BCUT2D eigenvalue weighted by Gasteiger charge is -2.52. The number of aromatic nitrogens is 1. The first kappa shape index (κ1) is 20.5. The summed E-state index contributed by atoms with van der Waals surface area (Å²) in [5.41, 5.74) is 3.44. The van der Waals surface area contributed by atoms with Gasteiger partial charge in [-0.1, -0.05) is 43.7 Å². The number of ether oxygens (including phenoxy) is 2. The first-order chi connectivity index (χ1) is 15.3. The number of methoxy groups -OCH3 is 1. The van der Waals surface area contributed by atoms with Crippen molar-refractivity contribution in [2.24, 2.45) is 11.8 Å². The summed E-state index contributed by atoms with van der Waals surface area (Å²) in [6.07, 6.45) is 5.75. The van der Waals surface area contributed by atoms with E-state index in [0.29, 0.717) is 12.6 Å². The second-order valence-corrected chi connectivity index (χ2v) is 9.02. The van der Waals surface area contributed by atoms with Crippen molar-refractivity contribution < 1.29 is 9.47 Å². The Hall–Kier alpha value is -2.43. The number of benzene rings is 2. The van der Waals surface area contributed by atoms with E-state index in [0.717, 1.165) is 28.5 Å². The van der Waals surface area contributed by atoms with Gasteiger partial charge in [0.25, 0.3) is 0 Å². The molecule has 31 heavy (non-hydrogen) atoms. The molecule has 1 aromatic heterocycles. The van der Waals surface area contributed by atoms with E-state index in [1.807, 2.05) is 18.3 Å². The highest BCUT2D eigenvalue weighted by molar-refractivity contribution is 5.84. The van der Waals surface area contributed by atoms with Gasteiger partial charge in [-0.15, -0.1) is 0 Å². The minimum atomic E-state index is 0.0124. The van der Waals surface area contributed by atoms with Crippen LogP contribution in [0.5, 0.6) is 5.75 Å². The summed E-state index contributed by atoms with van der Waals surface area (Å²) in [4.78, 5) is 7.30. The van der Waals surface area contributed by atoms with E-state index in [2.05, 4.69) is 59.3 Å². The summed E-state index contributed by atoms with van der Waals surface area (Å²) < 4.78 is 12.3. The first-order valence-corrected chi connectivity index (χ1v) is 11.6. The molecule has 2 aromatic carbocycles. The Bertz CT molecular complexity index is 1020. The van der Waals surface area contributed by atoms with Crippen LogP contribution in [0.2, 0.25) is 0 Å². The van der Waals surface area contributed by atoms with Crippen LogP contribution >= 0.6 is 0 Å². The van der Waals surface area contributed by atoms with Gasteiger partial charge in [0.2, 0.25) is 0 Å². The standard InChI is InChI=1S/C27H32N2O2/c1-3-20-17-29-14-12-21(20)15-26(29)27(31-18-19-7-5-4-6-8-19)23-11-13-28-25-10-9-22(30-2)16-24(23)25/h4-11,13,16,20-21,26-27H,3,12,14-15,17-18H2,1-2H3/t20-,21-,26+,27-/m0/s1. The fourth-order valence-electron chi connectivity index (χ4n) is 5.65. The predicted molar refractivity (Wildman–Crippen MR) is 124 cm³/mol. The minimum Gasteiger partial charge on any atom is -0.497 e. The quantitative estimate of drug-likeness (QED) is 0.501. The molecule has 6 rings (SSSR count). The van der Waals surface area contributed by atoms with Crippen molar-refractivity contribution in [3.8, 4) is 5.75 Å². The molecule has 5 atom stereocenters.